The molecule has 28 heavy (non-hydrogen) atoms. The van der Waals surface area contributed by atoms with E-state index in [0.717, 1.165) is 24.1 Å². The molecule has 2 amide bonds. The summed E-state index contributed by atoms with van der Waals surface area (Å²) < 4.78 is 0. The third-order valence-electron chi connectivity index (χ3n) is 5.92. The Bertz CT molecular complexity index is 811. The van der Waals surface area contributed by atoms with Crippen LogP contribution in [-0.2, 0) is 5.41 Å². The lowest BCUT2D eigenvalue weighted by Gasteiger charge is -2.30. The lowest BCUT2D eigenvalue weighted by atomic mass is 9.78. The predicted octanol–water partition coefficient (Wildman–Crippen LogP) is 4.63. The molecule has 150 valence electrons. The average Bonchev–Trinajstić information content (AvgIpc) is 3.18. The zero-order valence-corrected chi connectivity index (χ0v) is 18.4. The molecule has 1 aliphatic rings. The Balaban J connectivity index is 1.71. The molecule has 0 aromatic heterocycles. The van der Waals surface area contributed by atoms with Crippen molar-refractivity contribution in [3.8, 4) is 0 Å². The van der Waals surface area contributed by atoms with Crippen molar-refractivity contribution < 1.29 is 4.79 Å². The van der Waals surface area contributed by atoms with E-state index in [1.54, 1.807) is 0 Å². The van der Waals surface area contributed by atoms with Gasteiger partial charge in [0.1, 0.15) is 0 Å². The van der Waals surface area contributed by atoms with Crippen LogP contribution in [0.15, 0.2) is 42.5 Å². The second-order valence-electron chi connectivity index (χ2n) is 7.98. The smallest absolute Gasteiger partial charge is 0.319 e. The zero-order valence-electron chi connectivity index (χ0n) is 17.4. The average molecular weight is 398 g/mol. The van der Waals surface area contributed by atoms with Gasteiger partial charge < -0.3 is 15.5 Å². The molecule has 0 saturated heterocycles. The SMILES string of the molecule is CPc1cccc(C)c1NC(=O)NCC1(c2ccc(N(C)C)cc2)CCCC1. The lowest BCUT2D eigenvalue weighted by Crippen LogP contribution is -2.41. The maximum absolute atomic E-state index is 12.7. The van der Waals surface area contributed by atoms with Gasteiger partial charge in [-0.15, -0.1) is 0 Å². The summed E-state index contributed by atoms with van der Waals surface area (Å²) in [5.74, 6) is 0. The van der Waals surface area contributed by atoms with Crippen molar-refractivity contribution in [3.63, 3.8) is 0 Å². The van der Waals surface area contributed by atoms with Gasteiger partial charge in [-0.05, 0) is 55.0 Å². The number of para-hydroxylation sites is 1. The molecule has 3 rings (SSSR count). The third kappa shape index (κ3) is 4.50. The van der Waals surface area contributed by atoms with Crippen LogP contribution in [0.1, 0.15) is 36.8 Å². The van der Waals surface area contributed by atoms with Crippen LogP contribution < -0.4 is 20.8 Å². The molecule has 0 bridgehead atoms. The number of rotatable bonds is 6. The summed E-state index contributed by atoms with van der Waals surface area (Å²) in [6.07, 6.45) is 4.69. The first kappa shape index (κ1) is 20.7. The number of urea groups is 1. The maximum Gasteiger partial charge on any atom is 0.319 e. The van der Waals surface area contributed by atoms with Crippen molar-refractivity contribution in [1.29, 1.82) is 0 Å². The predicted molar refractivity (Wildman–Crippen MR) is 123 cm³/mol. The molecule has 1 unspecified atom stereocenters. The monoisotopic (exact) mass is 397 g/mol. The van der Waals surface area contributed by atoms with Gasteiger partial charge in [-0.1, -0.05) is 51.8 Å². The molecule has 1 fully saturated rings. The van der Waals surface area contributed by atoms with Crippen LogP contribution in [0.2, 0.25) is 0 Å². The van der Waals surface area contributed by atoms with Gasteiger partial charge in [-0.3, -0.25) is 0 Å². The van der Waals surface area contributed by atoms with Crippen LogP contribution in [0.4, 0.5) is 16.2 Å². The molecule has 5 heteroatoms. The second kappa shape index (κ2) is 8.96. The van der Waals surface area contributed by atoms with Crippen LogP contribution in [0.25, 0.3) is 0 Å². The number of anilines is 2. The second-order valence-corrected chi connectivity index (χ2v) is 9.02. The Morgan fingerprint density at radius 1 is 1.11 bits per heavy atom. The molecular formula is C23H32N3OP. The van der Waals surface area contributed by atoms with E-state index < -0.39 is 0 Å². The molecular weight excluding hydrogens is 365 g/mol. The first-order valence-electron chi connectivity index (χ1n) is 10.1. The van der Waals surface area contributed by atoms with E-state index in [1.165, 1.54) is 29.4 Å². The molecule has 2 aromatic carbocycles. The van der Waals surface area contributed by atoms with Gasteiger partial charge in [-0.2, -0.15) is 0 Å². The number of carbonyl (C=O) groups is 1. The minimum absolute atomic E-state index is 0.0449. The van der Waals surface area contributed by atoms with Crippen LogP contribution in [-0.4, -0.2) is 33.3 Å². The van der Waals surface area contributed by atoms with E-state index in [4.69, 9.17) is 0 Å². The largest absolute Gasteiger partial charge is 0.378 e. The Kier molecular flexibility index (Phi) is 6.61. The van der Waals surface area contributed by atoms with E-state index in [2.05, 4.69) is 72.7 Å². The Morgan fingerprint density at radius 3 is 2.39 bits per heavy atom. The molecule has 1 atom stereocenters. The van der Waals surface area contributed by atoms with Crippen LogP contribution >= 0.6 is 8.58 Å². The van der Waals surface area contributed by atoms with E-state index in [-0.39, 0.29) is 11.4 Å². The standard InChI is InChI=1S/C23H32N3OP/c1-17-8-7-9-20(28-4)21(17)25-22(27)24-16-23(14-5-6-15-23)18-10-12-19(13-11-18)26(2)3/h7-13,28H,5-6,14-16H2,1-4H3,(H2,24,25,27). The summed E-state index contributed by atoms with van der Waals surface area (Å²) in [6, 6.07) is 14.9. The van der Waals surface area contributed by atoms with Crippen molar-refractivity contribution >= 4 is 31.3 Å². The highest BCUT2D eigenvalue weighted by Crippen LogP contribution is 2.41. The number of amides is 2. The van der Waals surface area contributed by atoms with Crippen molar-refractivity contribution in [2.75, 3.05) is 37.5 Å². The number of nitrogens with zero attached hydrogens (tertiary/aromatic N) is 1. The molecule has 0 aliphatic heterocycles. The molecule has 1 saturated carbocycles. The van der Waals surface area contributed by atoms with Gasteiger partial charge in [0.25, 0.3) is 0 Å². The molecule has 0 spiro atoms. The van der Waals surface area contributed by atoms with Gasteiger partial charge in [0, 0.05) is 31.7 Å². The topological polar surface area (TPSA) is 44.4 Å². The fourth-order valence-electron chi connectivity index (χ4n) is 4.18. The van der Waals surface area contributed by atoms with Crippen LogP contribution in [0, 0.1) is 6.92 Å². The number of nitrogens with one attached hydrogen (secondary N) is 2. The molecule has 1 aliphatic carbocycles. The van der Waals surface area contributed by atoms with E-state index in [1.807, 2.05) is 13.0 Å². The van der Waals surface area contributed by atoms with Crippen LogP contribution in [0.3, 0.4) is 0 Å². The highest BCUT2D eigenvalue weighted by Gasteiger charge is 2.36. The zero-order chi connectivity index (χ0) is 20.1. The Hall–Kier alpha value is -2.06. The van der Waals surface area contributed by atoms with Crippen molar-refractivity contribution in [2.24, 2.45) is 0 Å². The number of hydrogen-bond acceptors (Lipinski definition) is 2. The lowest BCUT2D eigenvalue weighted by molar-refractivity contribution is 0.248. The third-order valence-corrected chi connectivity index (χ3v) is 6.88. The van der Waals surface area contributed by atoms with E-state index >= 15 is 0 Å². The molecule has 2 aromatic rings. The van der Waals surface area contributed by atoms with Gasteiger partial charge in [0.2, 0.25) is 0 Å². The van der Waals surface area contributed by atoms with Crippen molar-refractivity contribution in [2.45, 2.75) is 38.0 Å². The first-order chi connectivity index (χ1) is 13.4. The number of aryl methyl sites for hydroxylation is 1. The highest BCUT2D eigenvalue weighted by atomic mass is 31.1. The minimum Gasteiger partial charge on any atom is -0.378 e. The van der Waals surface area contributed by atoms with Crippen molar-refractivity contribution in [1.82, 2.24) is 5.32 Å². The summed E-state index contributed by atoms with van der Waals surface area (Å²) in [4.78, 5) is 14.8. The fraction of sp³-hybridized carbons (Fsp3) is 0.435. The normalized spacial score (nSPS) is 15.7. The fourth-order valence-corrected chi connectivity index (χ4v) is 4.95. The van der Waals surface area contributed by atoms with Gasteiger partial charge in [0.15, 0.2) is 0 Å². The first-order valence-corrected chi connectivity index (χ1v) is 11.6. The van der Waals surface area contributed by atoms with Gasteiger partial charge in [0.05, 0.1) is 5.69 Å². The Labute approximate surface area is 170 Å². The molecule has 0 radical (unpaired) electrons. The quantitative estimate of drug-likeness (QED) is 0.698. The van der Waals surface area contributed by atoms with Gasteiger partial charge in [-0.25, -0.2) is 4.79 Å². The summed E-state index contributed by atoms with van der Waals surface area (Å²) in [5, 5.41) is 7.47. The number of benzene rings is 2. The van der Waals surface area contributed by atoms with E-state index in [9.17, 15) is 4.79 Å². The number of hydrogen-bond donors (Lipinski definition) is 2. The summed E-state index contributed by atoms with van der Waals surface area (Å²) >= 11 is 0. The summed E-state index contributed by atoms with van der Waals surface area (Å²) in [7, 11) is 4.77. The summed E-state index contributed by atoms with van der Waals surface area (Å²) in [6.45, 7) is 4.86. The highest BCUT2D eigenvalue weighted by molar-refractivity contribution is 7.46. The maximum atomic E-state index is 12.7. The van der Waals surface area contributed by atoms with Crippen LogP contribution in [0.5, 0.6) is 0 Å². The molecule has 4 nitrogen and oxygen atoms in total. The number of carbonyl (C=O) groups excluding carboxylic acids is 1. The minimum atomic E-state index is -0.106. The summed E-state index contributed by atoms with van der Waals surface area (Å²) in [5.41, 5.74) is 4.65. The van der Waals surface area contributed by atoms with Gasteiger partial charge >= 0.3 is 6.03 Å². The van der Waals surface area contributed by atoms with E-state index in [0.29, 0.717) is 15.1 Å². The Morgan fingerprint density at radius 2 is 1.79 bits per heavy atom. The van der Waals surface area contributed by atoms with Crippen molar-refractivity contribution in [3.05, 3.63) is 53.6 Å². The molecule has 0 heterocycles. The molecule has 2 N–H and O–H groups in total.